The maximum Gasteiger partial charge on any atom is 0.357 e. The SMILES string of the molecule is CC(=O)SCC1OC(n2ccn3c(=O)nc(NC(=O)c4ccccc4)nc23)C2OC(C)(C)OC12. The van der Waals surface area contributed by atoms with Gasteiger partial charge in [0.05, 0.1) is 6.10 Å². The monoisotopic (exact) mass is 485 g/mol. The molecule has 178 valence electrons. The lowest BCUT2D eigenvalue weighted by Gasteiger charge is -2.24. The summed E-state index contributed by atoms with van der Waals surface area (Å²) in [5.41, 5.74) is -0.192. The summed E-state index contributed by atoms with van der Waals surface area (Å²) in [7, 11) is 0. The van der Waals surface area contributed by atoms with E-state index in [9.17, 15) is 14.4 Å². The molecule has 0 radical (unpaired) electrons. The summed E-state index contributed by atoms with van der Waals surface area (Å²) in [5, 5.41) is 2.55. The van der Waals surface area contributed by atoms with E-state index in [2.05, 4.69) is 15.3 Å². The molecule has 1 aromatic carbocycles. The van der Waals surface area contributed by atoms with Gasteiger partial charge >= 0.3 is 5.69 Å². The fraction of sp³-hybridized carbons (Fsp3) is 0.409. The standard InChI is InChI=1S/C22H23N5O6S/c1-12(28)34-11-14-15-16(33-22(2,3)32-15)18(31-14)26-9-10-27-20(26)24-19(25-21(27)30)23-17(29)13-7-5-4-6-8-13/h4-10,14-16,18H,11H2,1-3H3,(H,23,25,29,30). The first-order valence-corrected chi connectivity index (χ1v) is 11.7. The Balaban J connectivity index is 1.48. The zero-order valence-electron chi connectivity index (χ0n) is 18.7. The molecule has 2 saturated heterocycles. The van der Waals surface area contributed by atoms with E-state index >= 15 is 0 Å². The van der Waals surface area contributed by atoms with Gasteiger partial charge in [0.15, 0.2) is 17.1 Å². The van der Waals surface area contributed by atoms with Crippen LogP contribution in [0.3, 0.4) is 0 Å². The van der Waals surface area contributed by atoms with E-state index in [0.29, 0.717) is 11.3 Å². The highest BCUT2D eigenvalue weighted by atomic mass is 32.2. The van der Waals surface area contributed by atoms with Crippen molar-refractivity contribution in [1.29, 1.82) is 0 Å². The molecule has 4 heterocycles. The molecular formula is C22H23N5O6S. The smallest absolute Gasteiger partial charge is 0.348 e. The van der Waals surface area contributed by atoms with Crippen LogP contribution >= 0.6 is 11.8 Å². The molecule has 0 spiro atoms. The molecule has 1 amide bonds. The molecule has 34 heavy (non-hydrogen) atoms. The summed E-state index contributed by atoms with van der Waals surface area (Å²) in [6.07, 6.45) is 1.21. The van der Waals surface area contributed by atoms with Gasteiger partial charge in [0, 0.05) is 30.6 Å². The number of nitrogens with one attached hydrogen (secondary N) is 1. The molecule has 4 atom stereocenters. The van der Waals surface area contributed by atoms with Crippen molar-refractivity contribution in [2.75, 3.05) is 11.1 Å². The zero-order valence-corrected chi connectivity index (χ0v) is 19.5. The van der Waals surface area contributed by atoms with Crippen LogP contribution in [-0.4, -0.2) is 59.8 Å². The average molecular weight is 486 g/mol. The summed E-state index contributed by atoms with van der Waals surface area (Å²) >= 11 is 1.15. The van der Waals surface area contributed by atoms with E-state index in [1.165, 1.54) is 17.5 Å². The number of imidazole rings is 1. The van der Waals surface area contributed by atoms with Gasteiger partial charge in [-0.3, -0.25) is 19.5 Å². The molecule has 11 nitrogen and oxygen atoms in total. The number of rotatable bonds is 5. The predicted molar refractivity (Wildman–Crippen MR) is 123 cm³/mol. The number of aromatic nitrogens is 4. The van der Waals surface area contributed by atoms with Gasteiger partial charge in [0.25, 0.3) is 5.91 Å². The summed E-state index contributed by atoms with van der Waals surface area (Å²) in [6.45, 7) is 5.13. The number of carbonyl (C=O) groups excluding carboxylic acids is 2. The molecule has 1 N–H and O–H groups in total. The maximum absolute atomic E-state index is 12.6. The summed E-state index contributed by atoms with van der Waals surface area (Å²) < 4.78 is 21.3. The highest BCUT2D eigenvalue weighted by Gasteiger charge is 2.56. The van der Waals surface area contributed by atoms with Crippen molar-refractivity contribution in [3.8, 4) is 0 Å². The topological polar surface area (TPSA) is 126 Å². The van der Waals surface area contributed by atoms with E-state index in [1.54, 1.807) is 41.1 Å². The van der Waals surface area contributed by atoms with Crippen LogP contribution in [0.15, 0.2) is 47.5 Å². The van der Waals surface area contributed by atoms with Crippen LogP contribution in [0.4, 0.5) is 5.95 Å². The summed E-state index contributed by atoms with van der Waals surface area (Å²) in [6, 6.07) is 8.56. The van der Waals surface area contributed by atoms with Crippen molar-refractivity contribution in [2.24, 2.45) is 0 Å². The number of hydrogen-bond acceptors (Lipinski definition) is 9. The molecule has 2 aliphatic rings. The first-order valence-electron chi connectivity index (χ1n) is 10.7. The Bertz CT molecular complexity index is 1310. The Morgan fingerprint density at radius 2 is 1.85 bits per heavy atom. The third kappa shape index (κ3) is 4.25. The molecule has 4 unspecified atom stereocenters. The zero-order chi connectivity index (χ0) is 24.0. The average Bonchev–Trinajstić information content (AvgIpc) is 3.44. The number of carbonyl (C=O) groups is 2. The van der Waals surface area contributed by atoms with Crippen LogP contribution in [0.5, 0.6) is 0 Å². The maximum atomic E-state index is 12.6. The van der Waals surface area contributed by atoms with Gasteiger partial charge < -0.3 is 14.2 Å². The third-order valence-electron chi connectivity index (χ3n) is 5.55. The molecule has 2 fully saturated rings. The van der Waals surface area contributed by atoms with E-state index in [4.69, 9.17) is 14.2 Å². The fourth-order valence-electron chi connectivity index (χ4n) is 4.16. The first-order chi connectivity index (χ1) is 16.2. The van der Waals surface area contributed by atoms with Gasteiger partial charge in [0.1, 0.15) is 12.2 Å². The lowest BCUT2D eigenvalue weighted by Crippen LogP contribution is -2.31. The van der Waals surface area contributed by atoms with E-state index in [-0.39, 0.29) is 16.8 Å². The molecule has 0 aliphatic carbocycles. The number of thioether (sulfide) groups is 1. The first kappa shape index (κ1) is 22.7. The summed E-state index contributed by atoms with van der Waals surface area (Å²) in [5.74, 6) is -0.768. The second-order valence-corrected chi connectivity index (χ2v) is 9.65. The quantitative estimate of drug-likeness (QED) is 0.576. The minimum atomic E-state index is -0.833. The Morgan fingerprint density at radius 1 is 1.12 bits per heavy atom. The highest BCUT2D eigenvalue weighted by Crippen LogP contribution is 2.44. The van der Waals surface area contributed by atoms with Gasteiger partial charge in [-0.05, 0) is 26.0 Å². The second-order valence-electron chi connectivity index (χ2n) is 8.46. The molecule has 0 bridgehead atoms. The van der Waals surface area contributed by atoms with E-state index in [1.807, 2.05) is 13.8 Å². The van der Waals surface area contributed by atoms with Crippen molar-refractivity contribution < 1.29 is 23.8 Å². The molecule has 2 aromatic heterocycles. The Morgan fingerprint density at radius 3 is 2.59 bits per heavy atom. The van der Waals surface area contributed by atoms with Crippen LogP contribution in [-0.2, 0) is 19.0 Å². The van der Waals surface area contributed by atoms with Crippen LogP contribution in [0.2, 0.25) is 0 Å². The van der Waals surface area contributed by atoms with Gasteiger partial charge in [-0.15, -0.1) is 0 Å². The lowest BCUT2D eigenvalue weighted by atomic mass is 10.1. The summed E-state index contributed by atoms with van der Waals surface area (Å²) in [4.78, 5) is 44.9. The number of ether oxygens (including phenoxy) is 3. The fourth-order valence-corrected chi connectivity index (χ4v) is 4.82. The van der Waals surface area contributed by atoms with Crippen molar-refractivity contribution in [1.82, 2.24) is 18.9 Å². The largest absolute Gasteiger partial charge is 0.357 e. The minimum Gasteiger partial charge on any atom is -0.348 e. The molecule has 0 saturated carbocycles. The molecule has 12 heteroatoms. The third-order valence-corrected chi connectivity index (χ3v) is 6.45. The molecule has 2 aliphatic heterocycles. The Hall–Kier alpha value is -3.06. The molecule has 3 aromatic rings. The molecule has 5 rings (SSSR count). The van der Waals surface area contributed by atoms with Crippen LogP contribution in [0, 0.1) is 0 Å². The normalized spacial score (nSPS) is 25.4. The van der Waals surface area contributed by atoms with Gasteiger partial charge in [-0.2, -0.15) is 9.97 Å². The van der Waals surface area contributed by atoms with Crippen molar-refractivity contribution in [2.45, 2.75) is 51.1 Å². The lowest BCUT2D eigenvalue weighted by molar-refractivity contribution is -0.193. The number of hydrogen-bond donors (Lipinski definition) is 1. The Kier molecular flexibility index (Phi) is 5.76. The van der Waals surface area contributed by atoms with E-state index in [0.717, 1.165) is 11.8 Å². The number of nitrogens with zero attached hydrogens (tertiary/aromatic N) is 4. The Labute approximate surface area is 198 Å². The van der Waals surface area contributed by atoms with Crippen molar-refractivity contribution in [3.05, 3.63) is 58.8 Å². The number of amides is 1. The minimum absolute atomic E-state index is 0.0220. The second kappa shape index (κ2) is 8.62. The van der Waals surface area contributed by atoms with E-state index < -0.39 is 41.9 Å². The number of anilines is 1. The van der Waals surface area contributed by atoms with Crippen molar-refractivity contribution in [3.63, 3.8) is 0 Å². The number of fused-ring (bicyclic) bond motifs is 2. The van der Waals surface area contributed by atoms with Crippen LogP contribution < -0.4 is 11.0 Å². The van der Waals surface area contributed by atoms with Gasteiger partial charge in [-0.1, -0.05) is 30.0 Å². The van der Waals surface area contributed by atoms with Crippen LogP contribution in [0.25, 0.3) is 5.78 Å². The molecular weight excluding hydrogens is 462 g/mol. The van der Waals surface area contributed by atoms with Gasteiger partial charge in [-0.25, -0.2) is 9.20 Å². The van der Waals surface area contributed by atoms with Crippen LogP contribution in [0.1, 0.15) is 37.4 Å². The number of benzene rings is 1. The highest BCUT2D eigenvalue weighted by molar-refractivity contribution is 8.13. The van der Waals surface area contributed by atoms with Gasteiger partial charge in [0.2, 0.25) is 11.7 Å². The predicted octanol–water partition coefficient (Wildman–Crippen LogP) is 1.84. The van der Waals surface area contributed by atoms with Crippen molar-refractivity contribution >= 4 is 34.5 Å².